The second-order valence-electron chi connectivity index (χ2n) is 5.47. The fourth-order valence-corrected chi connectivity index (χ4v) is 3.04. The van der Waals surface area contributed by atoms with Crippen LogP contribution in [0, 0.1) is 0 Å². The lowest BCUT2D eigenvalue weighted by molar-refractivity contribution is -0.745. The van der Waals surface area contributed by atoms with Crippen molar-refractivity contribution in [2.45, 2.75) is 17.5 Å². The molecule has 0 radical (unpaired) electrons. The van der Waals surface area contributed by atoms with Crippen LogP contribution in [0.3, 0.4) is 0 Å². The number of hydrogen-bond acceptors (Lipinski definition) is 5. The van der Waals surface area contributed by atoms with Crippen molar-refractivity contribution in [1.82, 2.24) is 20.5 Å². The van der Waals surface area contributed by atoms with E-state index in [-0.39, 0.29) is 0 Å². The van der Waals surface area contributed by atoms with Crippen LogP contribution in [0.5, 0.6) is 0 Å². The van der Waals surface area contributed by atoms with Crippen molar-refractivity contribution in [2.75, 3.05) is 0 Å². The van der Waals surface area contributed by atoms with Crippen LogP contribution in [0.2, 0.25) is 0 Å². The zero-order valence-electron chi connectivity index (χ0n) is 13.4. The highest BCUT2D eigenvalue weighted by molar-refractivity contribution is 7.98. The number of H-pyrrole nitrogens is 1. The summed E-state index contributed by atoms with van der Waals surface area (Å²) in [6.07, 6.45) is 1.99. The van der Waals surface area contributed by atoms with Crippen molar-refractivity contribution < 1.29 is 9.10 Å². The normalized spacial score (nSPS) is 10.9. The van der Waals surface area contributed by atoms with Gasteiger partial charge in [-0.15, -0.1) is 10.2 Å². The third kappa shape index (κ3) is 3.95. The lowest BCUT2D eigenvalue weighted by Gasteiger charge is -1.94. The minimum atomic E-state index is 0.532. The monoisotopic (exact) mass is 350 g/mol. The van der Waals surface area contributed by atoms with Gasteiger partial charge in [0, 0.05) is 10.7 Å². The molecule has 0 amide bonds. The number of thioether (sulfide) groups is 1. The summed E-state index contributed by atoms with van der Waals surface area (Å²) in [5, 5.41) is 16.0. The van der Waals surface area contributed by atoms with E-state index in [1.54, 1.807) is 0 Å². The van der Waals surface area contributed by atoms with Crippen molar-refractivity contribution in [3.05, 3.63) is 78.1 Å². The fourth-order valence-electron chi connectivity index (χ4n) is 2.40. The van der Waals surface area contributed by atoms with Crippen LogP contribution in [-0.2, 0) is 12.3 Å². The molecule has 0 atom stereocenters. The Morgan fingerprint density at radius 3 is 2.52 bits per heavy atom. The Hall–Kier alpha value is -2.93. The first kappa shape index (κ1) is 15.6. The summed E-state index contributed by atoms with van der Waals surface area (Å²) in [4.78, 5) is 0. The lowest BCUT2D eigenvalue weighted by Crippen LogP contribution is -2.35. The molecule has 0 unspecified atom stereocenters. The van der Waals surface area contributed by atoms with Crippen LogP contribution in [-0.4, -0.2) is 20.5 Å². The summed E-state index contributed by atoms with van der Waals surface area (Å²) in [7, 11) is 0. The van der Waals surface area contributed by atoms with E-state index in [1.807, 2.05) is 59.4 Å². The van der Waals surface area contributed by atoms with Crippen LogP contribution in [0.25, 0.3) is 11.5 Å². The predicted octanol–water partition coefficient (Wildman–Crippen LogP) is 3.09. The van der Waals surface area contributed by atoms with Gasteiger partial charge in [0.05, 0.1) is 5.75 Å². The summed E-state index contributed by atoms with van der Waals surface area (Å²) >= 11 is 1.47. The molecule has 0 aliphatic carbocycles. The van der Waals surface area contributed by atoms with E-state index in [9.17, 15) is 0 Å². The topological polar surface area (TPSA) is 71.5 Å². The number of aromatic amines is 1. The maximum absolute atomic E-state index is 5.69. The molecule has 0 fully saturated rings. The highest BCUT2D eigenvalue weighted by Gasteiger charge is 2.13. The second kappa shape index (κ2) is 7.31. The highest BCUT2D eigenvalue weighted by Crippen LogP contribution is 2.24. The van der Waals surface area contributed by atoms with Gasteiger partial charge < -0.3 is 4.42 Å². The van der Waals surface area contributed by atoms with Crippen molar-refractivity contribution in [1.29, 1.82) is 0 Å². The molecular formula is C18H16N5OS+. The van der Waals surface area contributed by atoms with Gasteiger partial charge in [0.2, 0.25) is 11.6 Å². The average Bonchev–Trinajstić information content (AvgIpc) is 3.31. The lowest BCUT2D eigenvalue weighted by atomic mass is 10.2. The Bertz CT molecular complexity index is 936. The third-order valence-corrected chi connectivity index (χ3v) is 4.45. The molecule has 2 heterocycles. The van der Waals surface area contributed by atoms with Gasteiger partial charge >= 0.3 is 0 Å². The molecule has 0 bridgehead atoms. The molecule has 4 aromatic rings. The molecule has 2 aromatic heterocycles. The van der Waals surface area contributed by atoms with Crippen LogP contribution in [0.1, 0.15) is 11.3 Å². The average molecular weight is 350 g/mol. The molecule has 1 N–H and O–H groups in total. The molecule has 0 aliphatic heterocycles. The Kier molecular flexibility index (Phi) is 4.56. The molecular weight excluding hydrogens is 334 g/mol. The van der Waals surface area contributed by atoms with E-state index in [1.165, 1.54) is 17.3 Å². The zero-order valence-corrected chi connectivity index (χ0v) is 14.2. The molecule has 0 aliphatic rings. The van der Waals surface area contributed by atoms with E-state index < -0.39 is 0 Å². The standard InChI is InChI=1S/C18H15N5OS/c1-3-7-14(8-4-1)11-23-12-16(19-22-23)13-25-18-21-20-17(24-18)15-9-5-2-6-10-15/h1-10,12H,11,13H2/p+1. The number of benzene rings is 2. The summed E-state index contributed by atoms with van der Waals surface area (Å²) in [5.74, 6) is 1.19. The second-order valence-corrected chi connectivity index (χ2v) is 6.40. The van der Waals surface area contributed by atoms with E-state index in [4.69, 9.17) is 4.42 Å². The van der Waals surface area contributed by atoms with E-state index in [0.717, 1.165) is 17.8 Å². The van der Waals surface area contributed by atoms with E-state index in [0.29, 0.717) is 16.9 Å². The summed E-state index contributed by atoms with van der Waals surface area (Å²) in [6, 6.07) is 20.0. The number of hydrogen-bond donors (Lipinski definition) is 1. The van der Waals surface area contributed by atoms with Crippen LogP contribution in [0.15, 0.2) is 76.5 Å². The van der Waals surface area contributed by atoms with Gasteiger partial charge in [-0.3, -0.25) is 0 Å². The number of nitrogens with one attached hydrogen (secondary N) is 1. The summed E-state index contributed by atoms with van der Waals surface area (Å²) < 4.78 is 7.64. The quantitative estimate of drug-likeness (QED) is 0.427. The highest BCUT2D eigenvalue weighted by atomic mass is 32.2. The summed E-state index contributed by atoms with van der Waals surface area (Å²) in [5.41, 5.74) is 3.07. The largest absolute Gasteiger partial charge is 0.411 e. The SMILES string of the molecule is c1ccc(C[n+]2cc(CSc3nnc(-c4ccccc4)o3)n[nH]2)cc1. The molecule has 25 heavy (non-hydrogen) atoms. The van der Waals surface area contributed by atoms with Gasteiger partial charge in [0.1, 0.15) is 6.54 Å². The van der Waals surface area contributed by atoms with Crippen LogP contribution >= 0.6 is 11.8 Å². The molecule has 4 rings (SSSR count). The Morgan fingerprint density at radius 2 is 1.72 bits per heavy atom. The number of nitrogens with zero attached hydrogens (tertiary/aromatic N) is 4. The van der Waals surface area contributed by atoms with Gasteiger partial charge in [-0.1, -0.05) is 65.5 Å². The number of aromatic nitrogens is 5. The van der Waals surface area contributed by atoms with Crippen molar-refractivity contribution in [3.63, 3.8) is 0 Å². The van der Waals surface area contributed by atoms with Crippen molar-refractivity contribution in [3.8, 4) is 11.5 Å². The Morgan fingerprint density at radius 1 is 0.960 bits per heavy atom. The first-order valence-corrected chi connectivity index (χ1v) is 8.85. The summed E-state index contributed by atoms with van der Waals surface area (Å²) in [6.45, 7) is 0.761. The predicted molar refractivity (Wildman–Crippen MR) is 93.6 cm³/mol. The van der Waals surface area contributed by atoms with Gasteiger partial charge in [0.25, 0.3) is 5.22 Å². The Labute approximate surface area is 148 Å². The van der Waals surface area contributed by atoms with Gasteiger partial charge in [-0.2, -0.15) is 4.68 Å². The number of rotatable bonds is 6. The van der Waals surface area contributed by atoms with Gasteiger partial charge in [-0.05, 0) is 17.7 Å². The minimum Gasteiger partial charge on any atom is -0.411 e. The molecule has 0 saturated heterocycles. The molecule has 0 saturated carbocycles. The van der Waals surface area contributed by atoms with Crippen LogP contribution < -0.4 is 4.68 Å². The molecule has 0 spiro atoms. The van der Waals surface area contributed by atoms with Crippen LogP contribution in [0.4, 0.5) is 0 Å². The maximum atomic E-state index is 5.69. The van der Waals surface area contributed by atoms with E-state index in [2.05, 4.69) is 32.6 Å². The third-order valence-electron chi connectivity index (χ3n) is 3.59. The minimum absolute atomic E-state index is 0.532. The van der Waals surface area contributed by atoms with Crippen molar-refractivity contribution in [2.24, 2.45) is 0 Å². The zero-order chi connectivity index (χ0) is 16.9. The molecule has 2 aromatic carbocycles. The first-order chi connectivity index (χ1) is 12.4. The van der Waals surface area contributed by atoms with Gasteiger partial charge in [0.15, 0.2) is 6.20 Å². The Balaban J connectivity index is 1.37. The van der Waals surface area contributed by atoms with Gasteiger partial charge in [-0.25, -0.2) is 0 Å². The fraction of sp³-hybridized carbons (Fsp3) is 0.111. The first-order valence-electron chi connectivity index (χ1n) is 7.86. The van der Waals surface area contributed by atoms with E-state index >= 15 is 0 Å². The maximum Gasteiger partial charge on any atom is 0.277 e. The molecule has 6 nitrogen and oxygen atoms in total. The molecule has 124 valence electrons. The molecule has 7 heteroatoms. The smallest absolute Gasteiger partial charge is 0.277 e. The van der Waals surface area contributed by atoms with Crippen molar-refractivity contribution >= 4 is 11.8 Å².